The third-order valence-electron chi connectivity index (χ3n) is 4.64. The summed E-state index contributed by atoms with van der Waals surface area (Å²) in [6.45, 7) is 6.69. The number of rotatable bonds is 2. The Morgan fingerprint density at radius 2 is 2.08 bits per heavy atom. The van der Waals surface area contributed by atoms with Gasteiger partial charge in [0.15, 0.2) is 0 Å². The Kier molecular flexibility index (Phi) is 3.75. The van der Waals surface area contributed by atoms with Crippen LogP contribution in [0.3, 0.4) is 0 Å². The molecule has 134 valence electrons. The Hall–Kier alpha value is -3.16. The Morgan fingerprint density at radius 1 is 1.27 bits per heavy atom. The molecular weight excluding hydrogens is 332 g/mol. The number of anilines is 1. The summed E-state index contributed by atoms with van der Waals surface area (Å²) in [5.74, 6) is 0.335. The van der Waals surface area contributed by atoms with Gasteiger partial charge in [0.05, 0.1) is 17.9 Å². The van der Waals surface area contributed by atoms with E-state index in [1.54, 1.807) is 11.0 Å². The summed E-state index contributed by atoms with van der Waals surface area (Å²) in [5, 5.41) is 11.6. The zero-order valence-corrected chi connectivity index (χ0v) is 15.2. The second-order valence-corrected chi connectivity index (χ2v) is 6.42. The molecule has 0 spiro atoms. The van der Waals surface area contributed by atoms with E-state index in [9.17, 15) is 4.79 Å². The summed E-state index contributed by atoms with van der Waals surface area (Å²) < 4.78 is 7.40. The predicted octanol–water partition coefficient (Wildman–Crippen LogP) is 2.17. The third-order valence-corrected chi connectivity index (χ3v) is 4.64. The minimum absolute atomic E-state index is 0.154. The topological polar surface area (TPSA) is 88.9 Å². The molecule has 3 aromatic rings. The summed E-state index contributed by atoms with van der Waals surface area (Å²) in [7, 11) is 1.89. The number of ether oxygens (including phenoxy) is 1. The molecule has 0 saturated heterocycles. The van der Waals surface area contributed by atoms with Gasteiger partial charge in [-0.05, 0) is 39.0 Å². The van der Waals surface area contributed by atoms with Crippen molar-refractivity contribution in [3.05, 3.63) is 41.0 Å². The summed E-state index contributed by atoms with van der Waals surface area (Å²) in [5.41, 5.74) is 5.50. The molecule has 4 heterocycles. The van der Waals surface area contributed by atoms with Crippen LogP contribution in [0, 0.1) is 20.8 Å². The molecule has 3 aromatic heterocycles. The van der Waals surface area contributed by atoms with Crippen LogP contribution in [0.25, 0.3) is 11.3 Å². The second kappa shape index (κ2) is 5.98. The average Bonchev–Trinajstić information content (AvgIpc) is 3.18. The van der Waals surface area contributed by atoms with Gasteiger partial charge in [0.1, 0.15) is 18.0 Å². The lowest BCUT2D eigenvalue weighted by molar-refractivity contribution is 0.0970. The van der Waals surface area contributed by atoms with Crippen molar-refractivity contribution in [1.29, 1.82) is 0 Å². The van der Waals surface area contributed by atoms with E-state index in [2.05, 4.69) is 20.3 Å². The molecule has 0 aromatic carbocycles. The van der Waals surface area contributed by atoms with Crippen molar-refractivity contribution in [3.63, 3.8) is 0 Å². The normalized spacial score (nSPS) is 13.5. The SMILES string of the molecule is Cc1ccc2c(n1)OCCN2C(=O)c1cc(-c2c(C)nn(C)c2C)n[nH]1. The molecule has 8 heteroatoms. The van der Waals surface area contributed by atoms with Crippen LogP contribution in [-0.4, -0.2) is 44.0 Å². The number of carbonyl (C=O) groups excluding carboxylic acids is 1. The smallest absolute Gasteiger partial charge is 0.276 e. The van der Waals surface area contributed by atoms with E-state index in [-0.39, 0.29) is 5.91 Å². The number of fused-ring (bicyclic) bond motifs is 1. The van der Waals surface area contributed by atoms with E-state index in [0.29, 0.717) is 36.1 Å². The monoisotopic (exact) mass is 352 g/mol. The lowest BCUT2D eigenvalue weighted by Crippen LogP contribution is -2.38. The number of H-pyrrole nitrogens is 1. The Morgan fingerprint density at radius 3 is 2.81 bits per heavy atom. The van der Waals surface area contributed by atoms with E-state index in [0.717, 1.165) is 22.6 Å². The number of aromatic amines is 1. The first kappa shape index (κ1) is 16.3. The maximum absolute atomic E-state index is 13.0. The first-order chi connectivity index (χ1) is 12.5. The molecule has 0 fully saturated rings. The van der Waals surface area contributed by atoms with Crippen LogP contribution in [-0.2, 0) is 7.05 Å². The van der Waals surface area contributed by atoms with Crippen LogP contribution >= 0.6 is 0 Å². The van der Waals surface area contributed by atoms with Crippen LogP contribution in [0.5, 0.6) is 5.88 Å². The summed E-state index contributed by atoms with van der Waals surface area (Å²) >= 11 is 0. The van der Waals surface area contributed by atoms with Crippen LogP contribution < -0.4 is 9.64 Å². The second-order valence-electron chi connectivity index (χ2n) is 6.42. The summed E-state index contributed by atoms with van der Waals surface area (Å²) in [6, 6.07) is 5.51. The molecule has 0 bridgehead atoms. The first-order valence-corrected chi connectivity index (χ1v) is 8.44. The Balaban J connectivity index is 1.68. The minimum atomic E-state index is -0.154. The molecule has 0 atom stereocenters. The summed E-state index contributed by atoms with van der Waals surface area (Å²) in [4.78, 5) is 19.1. The van der Waals surface area contributed by atoms with E-state index in [1.807, 2.05) is 44.6 Å². The van der Waals surface area contributed by atoms with Crippen molar-refractivity contribution in [3.8, 4) is 17.1 Å². The number of aromatic nitrogens is 5. The average molecular weight is 352 g/mol. The van der Waals surface area contributed by atoms with Crippen LogP contribution in [0.1, 0.15) is 27.6 Å². The van der Waals surface area contributed by atoms with Crippen molar-refractivity contribution in [2.75, 3.05) is 18.1 Å². The number of aryl methyl sites for hydroxylation is 3. The molecule has 4 rings (SSSR count). The number of nitrogens with one attached hydrogen (secondary N) is 1. The number of hydrogen-bond acceptors (Lipinski definition) is 5. The van der Waals surface area contributed by atoms with Gasteiger partial charge in [0.2, 0.25) is 5.88 Å². The lowest BCUT2D eigenvalue weighted by atomic mass is 10.1. The molecule has 0 radical (unpaired) electrons. The largest absolute Gasteiger partial charge is 0.474 e. The number of amides is 1. The number of pyridine rings is 1. The van der Waals surface area contributed by atoms with Gasteiger partial charge in [0, 0.05) is 24.0 Å². The van der Waals surface area contributed by atoms with Crippen molar-refractivity contribution >= 4 is 11.6 Å². The fourth-order valence-electron chi connectivity index (χ4n) is 3.25. The maximum Gasteiger partial charge on any atom is 0.276 e. The van der Waals surface area contributed by atoms with Gasteiger partial charge in [0.25, 0.3) is 5.91 Å². The fourth-order valence-corrected chi connectivity index (χ4v) is 3.25. The van der Waals surface area contributed by atoms with Crippen molar-refractivity contribution in [2.24, 2.45) is 7.05 Å². The molecule has 1 aliphatic rings. The molecule has 1 N–H and O–H groups in total. The van der Waals surface area contributed by atoms with Crippen molar-refractivity contribution in [1.82, 2.24) is 25.0 Å². The molecule has 0 unspecified atom stereocenters. The van der Waals surface area contributed by atoms with E-state index in [1.165, 1.54) is 0 Å². The first-order valence-electron chi connectivity index (χ1n) is 8.44. The molecule has 8 nitrogen and oxygen atoms in total. The van der Waals surface area contributed by atoms with Gasteiger partial charge in [-0.2, -0.15) is 10.2 Å². The zero-order valence-electron chi connectivity index (χ0n) is 15.2. The van der Waals surface area contributed by atoms with Crippen LogP contribution in [0.2, 0.25) is 0 Å². The highest BCUT2D eigenvalue weighted by Gasteiger charge is 2.27. The minimum Gasteiger partial charge on any atom is -0.474 e. The van der Waals surface area contributed by atoms with Gasteiger partial charge < -0.3 is 4.74 Å². The predicted molar refractivity (Wildman–Crippen MR) is 96.4 cm³/mol. The van der Waals surface area contributed by atoms with E-state index in [4.69, 9.17) is 4.74 Å². The molecule has 1 amide bonds. The van der Waals surface area contributed by atoms with Crippen LogP contribution in [0.4, 0.5) is 5.69 Å². The van der Waals surface area contributed by atoms with Gasteiger partial charge >= 0.3 is 0 Å². The van der Waals surface area contributed by atoms with Crippen molar-refractivity contribution < 1.29 is 9.53 Å². The number of carbonyl (C=O) groups is 1. The molecular formula is C18H20N6O2. The van der Waals surface area contributed by atoms with Crippen LogP contribution in [0.15, 0.2) is 18.2 Å². The molecule has 1 aliphatic heterocycles. The molecule has 26 heavy (non-hydrogen) atoms. The van der Waals surface area contributed by atoms with Gasteiger partial charge in [-0.3, -0.25) is 19.5 Å². The maximum atomic E-state index is 13.0. The van der Waals surface area contributed by atoms with Gasteiger partial charge in [-0.1, -0.05) is 0 Å². The standard InChI is InChI=1S/C18H20N6O2/c1-10-5-6-15-17(19-10)26-8-7-24(15)18(25)14-9-13(20-21-14)16-11(2)22-23(4)12(16)3/h5-6,9H,7-8H2,1-4H3,(H,20,21). The number of hydrogen-bond donors (Lipinski definition) is 1. The third kappa shape index (κ3) is 2.54. The van der Waals surface area contributed by atoms with Gasteiger partial charge in [-0.25, -0.2) is 4.98 Å². The number of nitrogens with zero attached hydrogens (tertiary/aromatic N) is 5. The summed E-state index contributed by atoms with van der Waals surface area (Å²) in [6.07, 6.45) is 0. The highest BCUT2D eigenvalue weighted by Crippen LogP contribution is 2.31. The Labute approximate surface area is 150 Å². The Bertz CT molecular complexity index is 1000. The van der Waals surface area contributed by atoms with E-state index >= 15 is 0 Å². The highest BCUT2D eigenvalue weighted by atomic mass is 16.5. The van der Waals surface area contributed by atoms with E-state index < -0.39 is 0 Å². The molecule has 0 aliphatic carbocycles. The zero-order chi connectivity index (χ0) is 18.4. The highest BCUT2D eigenvalue weighted by molar-refractivity contribution is 6.06. The quantitative estimate of drug-likeness (QED) is 0.763. The fraction of sp³-hybridized carbons (Fsp3) is 0.333. The lowest BCUT2D eigenvalue weighted by Gasteiger charge is -2.28. The molecule has 0 saturated carbocycles. The van der Waals surface area contributed by atoms with Gasteiger partial charge in [-0.15, -0.1) is 0 Å². The van der Waals surface area contributed by atoms with Crippen molar-refractivity contribution in [2.45, 2.75) is 20.8 Å².